The van der Waals surface area contributed by atoms with Gasteiger partial charge in [0.25, 0.3) is 0 Å². The third kappa shape index (κ3) is 6.04. The van der Waals surface area contributed by atoms with Gasteiger partial charge in [0, 0.05) is 13.1 Å². The molecule has 3 rings (SSSR count). The van der Waals surface area contributed by atoms with Gasteiger partial charge in [-0.2, -0.15) is 0 Å². The van der Waals surface area contributed by atoms with Crippen molar-refractivity contribution in [3.63, 3.8) is 0 Å². The Labute approximate surface area is 183 Å². The van der Waals surface area contributed by atoms with Gasteiger partial charge in [0.15, 0.2) is 5.17 Å². The Morgan fingerprint density at radius 2 is 1.37 bits per heavy atom. The number of thioether (sulfide) groups is 1. The zero-order chi connectivity index (χ0) is 21.3. The van der Waals surface area contributed by atoms with Crippen LogP contribution in [0, 0.1) is 6.92 Å². The van der Waals surface area contributed by atoms with Crippen LogP contribution in [0.2, 0.25) is 0 Å². The van der Waals surface area contributed by atoms with Gasteiger partial charge in [-0.15, -0.1) is 0 Å². The molecular weight excluding hydrogens is 392 g/mol. The summed E-state index contributed by atoms with van der Waals surface area (Å²) in [5.74, 6) is 1.72. The van der Waals surface area contributed by atoms with Crippen molar-refractivity contribution in [1.82, 2.24) is 4.90 Å². The van der Waals surface area contributed by atoms with Crippen molar-refractivity contribution in [2.75, 3.05) is 20.5 Å². The largest absolute Gasteiger partial charge is 0.497 e. The van der Waals surface area contributed by atoms with Crippen molar-refractivity contribution in [2.45, 2.75) is 20.0 Å². The van der Waals surface area contributed by atoms with E-state index in [1.807, 2.05) is 36.4 Å². The van der Waals surface area contributed by atoms with E-state index < -0.39 is 0 Å². The van der Waals surface area contributed by atoms with Gasteiger partial charge in [0.1, 0.15) is 11.5 Å². The zero-order valence-corrected chi connectivity index (χ0v) is 18.8. The Morgan fingerprint density at radius 1 is 0.833 bits per heavy atom. The second kappa shape index (κ2) is 10.7. The first-order valence-electron chi connectivity index (χ1n) is 9.81. The lowest BCUT2D eigenvalue weighted by atomic mass is 10.1. The van der Waals surface area contributed by atoms with E-state index in [1.54, 1.807) is 26.0 Å². The van der Waals surface area contributed by atoms with Gasteiger partial charge in [0.2, 0.25) is 0 Å². The predicted molar refractivity (Wildman–Crippen MR) is 127 cm³/mol. The van der Waals surface area contributed by atoms with Crippen molar-refractivity contribution in [3.8, 4) is 11.5 Å². The Balaban J connectivity index is 1.90. The van der Waals surface area contributed by atoms with Crippen LogP contribution in [-0.2, 0) is 13.1 Å². The van der Waals surface area contributed by atoms with Gasteiger partial charge < -0.3 is 14.4 Å². The minimum absolute atomic E-state index is 0.752. The van der Waals surface area contributed by atoms with Crippen molar-refractivity contribution in [1.29, 1.82) is 0 Å². The maximum absolute atomic E-state index is 5.30. The van der Waals surface area contributed by atoms with Crippen LogP contribution in [0.3, 0.4) is 0 Å². The summed E-state index contributed by atoms with van der Waals surface area (Å²) in [5, 5.41) is 0.979. The number of methoxy groups -OCH3 is 2. The number of hydrogen-bond donors (Lipinski definition) is 0. The lowest BCUT2D eigenvalue weighted by Crippen LogP contribution is -2.27. The van der Waals surface area contributed by atoms with Crippen molar-refractivity contribution in [2.24, 2.45) is 4.99 Å². The SMILES string of the molecule is COc1ccc(CN(Cc2ccc(OC)cc2)C(=Nc2cccc(C)c2)SC)cc1. The number of aliphatic imine (C=N–C) groups is 1. The highest BCUT2D eigenvalue weighted by Gasteiger charge is 2.13. The van der Waals surface area contributed by atoms with E-state index in [2.05, 4.69) is 54.5 Å². The molecule has 0 bridgehead atoms. The molecule has 0 aliphatic carbocycles. The van der Waals surface area contributed by atoms with Gasteiger partial charge in [0.05, 0.1) is 19.9 Å². The highest BCUT2D eigenvalue weighted by Crippen LogP contribution is 2.23. The fraction of sp³-hybridized carbons (Fsp3) is 0.240. The molecule has 156 valence electrons. The molecule has 4 nitrogen and oxygen atoms in total. The van der Waals surface area contributed by atoms with Crippen LogP contribution in [0.4, 0.5) is 5.69 Å². The van der Waals surface area contributed by atoms with Crippen LogP contribution in [0.25, 0.3) is 0 Å². The van der Waals surface area contributed by atoms with Crippen LogP contribution >= 0.6 is 11.8 Å². The lowest BCUT2D eigenvalue weighted by Gasteiger charge is -2.26. The van der Waals surface area contributed by atoms with E-state index in [0.717, 1.165) is 35.4 Å². The fourth-order valence-electron chi connectivity index (χ4n) is 3.15. The number of rotatable bonds is 7. The maximum atomic E-state index is 5.30. The fourth-order valence-corrected chi connectivity index (χ4v) is 3.73. The zero-order valence-electron chi connectivity index (χ0n) is 18.0. The predicted octanol–water partition coefficient (Wildman–Crippen LogP) is 6.07. The molecule has 0 radical (unpaired) electrons. The lowest BCUT2D eigenvalue weighted by molar-refractivity contribution is 0.405. The summed E-state index contributed by atoms with van der Waals surface area (Å²) in [7, 11) is 3.37. The third-order valence-corrected chi connectivity index (χ3v) is 5.46. The molecule has 0 N–H and O–H groups in total. The minimum atomic E-state index is 0.752. The molecule has 0 spiro atoms. The average molecular weight is 421 g/mol. The van der Waals surface area contributed by atoms with Crippen LogP contribution in [0.5, 0.6) is 11.5 Å². The molecule has 0 amide bonds. The van der Waals surface area contributed by atoms with E-state index in [1.165, 1.54) is 16.7 Å². The third-order valence-electron chi connectivity index (χ3n) is 4.74. The van der Waals surface area contributed by atoms with Crippen molar-refractivity contribution < 1.29 is 9.47 Å². The van der Waals surface area contributed by atoms with Gasteiger partial charge in [-0.1, -0.05) is 48.2 Å². The molecule has 0 heterocycles. The Bertz CT molecular complexity index is 920. The average Bonchev–Trinajstić information content (AvgIpc) is 2.78. The first-order chi connectivity index (χ1) is 14.6. The number of nitrogens with zero attached hydrogens (tertiary/aromatic N) is 2. The van der Waals surface area contributed by atoms with Crippen molar-refractivity contribution in [3.05, 3.63) is 89.5 Å². The number of benzene rings is 3. The molecule has 0 saturated carbocycles. The Kier molecular flexibility index (Phi) is 7.80. The normalized spacial score (nSPS) is 11.3. The smallest absolute Gasteiger partial charge is 0.164 e. The summed E-state index contributed by atoms with van der Waals surface area (Å²) in [5.41, 5.74) is 4.58. The van der Waals surface area contributed by atoms with E-state index in [-0.39, 0.29) is 0 Å². The van der Waals surface area contributed by atoms with E-state index in [9.17, 15) is 0 Å². The second-order valence-electron chi connectivity index (χ2n) is 6.99. The summed E-state index contributed by atoms with van der Waals surface area (Å²) in [6.07, 6.45) is 2.07. The van der Waals surface area contributed by atoms with E-state index >= 15 is 0 Å². The molecule has 0 fully saturated rings. The second-order valence-corrected chi connectivity index (χ2v) is 7.76. The molecule has 0 unspecified atom stereocenters. The van der Waals surface area contributed by atoms with Gasteiger partial charge in [-0.25, -0.2) is 4.99 Å². The maximum Gasteiger partial charge on any atom is 0.164 e. The molecule has 0 aliphatic heterocycles. The van der Waals surface area contributed by atoms with E-state index in [0.29, 0.717) is 0 Å². The molecule has 3 aromatic rings. The minimum Gasteiger partial charge on any atom is -0.497 e. The van der Waals surface area contributed by atoms with Crippen LogP contribution in [-0.4, -0.2) is 30.5 Å². The first-order valence-corrected chi connectivity index (χ1v) is 11.0. The topological polar surface area (TPSA) is 34.1 Å². The van der Waals surface area contributed by atoms with Gasteiger partial charge in [-0.05, 0) is 66.3 Å². The highest BCUT2D eigenvalue weighted by molar-refractivity contribution is 8.13. The number of aryl methyl sites for hydroxylation is 1. The van der Waals surface area contributed by atoms with Crippen LogP contribution in [0.15, 0.2) is 77.8 Å². The summed E-state index contributed by atoms with van der Waals surface area (Å²) < 4.78 is 10.6. The van der Waals surface area contributed by atoms with Crippen LogP contribution < -0.4 is 9.47 Å². The summed E-state index contributed by atoms with van der Waals surface area (Å²) in [4.78, 5) is 7.26. The standard InChI is InChI=1S/C25H28N2O2S/c1-19-6-5-7-22(16-19)26-25(30-4)27(17-20-8-12-23(28-2)13-9-20)18-21-10-14-24(29-3)15-11-21/h5-16H,17-18H2,1-4H3. The molecule has 5 heteroatoms. The Hall–Kier alpha value is -2.92. The van der Waals surface area contributed by atoms with Crippen LogP contribution in [0.1, 0.15) is 16.7 Å². The molecule has 0 aromatic heterocycles. The molecule has 0 aliphatic rings. The van der Waals surface area contributed by atoms with Gasteiger partial charge >= 0.3 is 0 Å². The van der Waals surface area contributed by atoms with E-state index in [4.69, 9.17) is 14.5 Å². The highest BCUT2D eigenvalue weighted by atomic mass is 32.2. The molecule has 3 aromatic carbocycles. The van der Waals surface area contributed by atoms with Crippen molar-refractivity contribution >= 4 is 22.6 Å². The summed E-state index contributed by atoms with van der Waals surface area (Å²) >= 11 is 1.66. The number of amidine groups is 1. The summed E-state index contributed by atoms with van der Waals surface area (Å²) in [6, 6.07) is 24.7. The monoisotopic (exact) mass is 420 g/mol. The Morgan fingerprint density at radius 3 is 1.80 bits per heavy atom. The summed E-state index contributed by atoms with van der Waals surface area (Å²) in [6.45, 7) is 3.59. The molecule has 0 atom stereocenters. The number of hydrogen-bond acceptors (Lipinski definition) is 4. The van der Waals surface area contributed by atoms with Gasteiger partial charge in [-0.3, -0.25) is 0 Å². The molecular formula is C25H28N2O2S. The number of ether oxygens (including phenoxy) is 2. The quantitative estimate of drug-likeness (QED) is 0.343. The molecule has 0 saturated heterocycles. The first kappa shape index (κ1) is 21.8. The molecule has 30 heavy (non-hydrogen) atoms.